The first-order chi connectivity index (χ1) is 15.1. The maximum Gasteiger partial charge on any atom is 0.573 e. The molecule has 0 fully saturated rings. The van der Waals surface area contributed by atoms with Crippen LogP contribution in [0.5, 0.6) is 5.75 Å². The molecule has 3 aromatic heterocycles. The molecule has 0 saturated heterocycles. The van der Waals surface area contributed by atoms with Gasteiger partial charge in [0.05, 0.1) is 21.4 Å². The van der Waals surface area contributed by atoms with Crippen LogP contribution in [0.3, 0.4) is 0 Å². The van der Waals surface area contributed by atoms with Gasteiger partial charge in [0, 0.05) is 18.7 Å². The number of ether oxygens (including phenoxy) is 1. The van der Waals surface area contributed by atoms with Gasteiger partial charge in [0.25, 0.3) is 5.91 Å². The van der Waals surface area contributed by atoms with Crippen molar-refractivity contribution in [3.05, 3.63) is 57.6 Å². The zero-order valence-electron chi connectivity index (χ0n) is 16.0. The van der Waals surface area contributed by atoms with Crippen LogP contribution in [-0.2, 0) is 7.05 Å². The summed E-state index contributed by atoms with van der Waals surface area (Å²) in [6, 6.07) is 7.44. The van der Waals surface area contributed by atoms with Crippen LogP contribution >= 0.6 is 11.3 Å². The maximum atomic E-state index is 12.6. The molecule has 0 atom stereocenters. The summed E-state index contributed by atoms with van der Waals surface area (Å²) in [7, 11) is 1.62. The summed E-state index contributed by atoms with van der Waals surface area (Å²) in [6.45, 7) is 0. The maximum absolute atomic E-state index is 12.6. The van der Waals surface area contributed by atoms with E-state index in [2.05, 4.69) is 25.1 Å². The molecule has 0 aliphatic heterocycles. The first-order valence-electron chi connectivity index (χ1n) is 8.72. The van der Waals surface area contributed by atoms with Gasteiger partial charge in [-0.1, -0.05) is 11.3 Å². The van der Waals surface area contributed by atoms with Gasteiger partial charge < -0.3 is 10.1 Å². The van der Waals surface area contributed by atoms with E-state index in [1.165, 1.54) is 35.1 Å². The molecule has 4 rings (SSSR count). The fourth-order valence-corrected chi connectivity index (χ4v) is 3.48. The summed E-state index contributed by atoms with van der Waals surface area (Å²) < 4.78 is 42.4. The molecular weight excluding hydrogens is 453 g/mol. The molecule has 0 saturated carbocycles. The van der Waals surface area contributed by atoms with Crippen LogP contribution in [0.15, 0.2) is 42.6 Å². The predicted octanol–water partition coefficient (Wildman–Crippen LogP) is 4.15. The Morgan fingerprint density at radius 1 is 1.19 bits per heavy atom. The van der Waals surface area contributed by atoms with Gasteiger partial charge in [-0.2, -0.15) is 5.10 Å². The zero-order valence-corrected chi connectivity index (χ0v) is 16.8. The van der Waals surface area contributed by atoms with Crippen molar-refractivity contribution < 1.29 is 27.6 Å². The molecule has 0 spiro atoms. The number of nitrogens with one attached hydrogen (secondary N) is 1. The largest absolute Gasteiger partial charge is 0.573 e. The monoisotopic (exact) mass is 464 g/mol. The van der Waals surface area contributed by atoms with Crippen molar-refractivity contribution in [3.63, 3.8) is 0 Å². The Bertz CT molecular complexity index is 1330. The number of aromatic nitrogens is 4. The van der Waals surface area contributed by atoms with Gasteiger partial charge in [0.1, 0.15) is 11.6 Å². The number of amides is 1. The lowest BCUT2D eigenvalue weighted by molar-refractivity contribution is -0.380. The Labute approximate surface area is 180 Å². The minimum atomic E-state index is -4.82. The molecular formula is C18H11F3N6O4S. The van der Waals surface area contributed by atoms with Gasteiger partial charge in [-0.25, -0.2) is 9.97 Å². The van der Waals surface area contributed by atoms with Crippen molar-refractivity contribution in [2.75, 3.05) is 5.32 Å². The van der Waals surface area contributed by atoms with E-state index in [4.69, 9.17) is 0 Å². The molecule has 0 unspecified atom stereocenters. The number of rotatable bonds is 5. The zero-order chi connectivity index (χ0) is 23.0. The van der Waals surface area contributed by atoms with E-state index in [0.29, 0.717) is 27.9 Å². The highest BCUT2D eigenvalue weighted by molar-refractivity contribution is 7.17. The number of aryl methyl sites for hydroxylation is 1. The molecule has 10 nitrogen and oxygen atoms in total. The molecule has 164 valence electrons. The lowest BCUT2D eigenvalue weighted by Crippen LogP contribution is -2.17. The second kappa shape index (κ2) is 7.88. The Morgan fingerprint density at radius 2 is 1.91 bits per heavy atom. The number of thiophene rings is 1. The Balaban J connectivity index is 1.69. The molecule has 1 amide bonds. The first kappa shape index (κ1) is 21.2. The highest BCUT2D eigenvalue weighted by Crippen LogP contribution is 2.29. The first-order valence-corrected chi connectivity index (χ1v) is 9.54. The van der Waals surface area contributed by atoms with Crippen LogP contribution in [0.25, 0.3) is 22.4 Å². The summed E-state index contributed by atoms with van der Waals surface area (Å²) in [5.41, 5.74) is 0.725. The number of anilines is 1. The number of benzene rings is 1. The number of alkyl halides is 3. The van der Waals surface area contributed by atoms with Crippen molar-refractivity contribution in [3.8, 4) is 17.1 Å². The van der Waals surface area contributed by atoms with Crippen molar-refractivity contribution in [1.82, 2.24) is 19.7 Å². The normalized spacial score (nSPS) is 11.5. The van der Waals surface area contributed by atoms with Crippen molar-refractivity contribution in [2.24, 2.45) is 7.05 Å². The van der Waals surface area contributed by atoms with Crippen LogP contribution in [0.4, 0.5) is 24.0 Å². The quantitative estimate of drug-likeness (QED) is 0.347. The Kier molecular flexibility index (Phi) is 5.22. The third-order valence-corrected chi connectivity index (χ3v) is 5.20. The van der Waals surface area contributed by atoms with E-state index < -0.39 is 22.9 Å². The lowest BCUT2D eigenvalue weighted by atomic mass is 10.2. The van der Waals surface area contributed by atoms with Gasteiger partial charge >= 0.3 is 11.4 Å². The standard InChI is InChI=1S/C18H11F3N6O4S/c1-26-16-11(8-22-26)15(25-17(28)12-6-7-13(32-12)27(29)30)23-14(24-16)9-2-4-10(5-3-9)31-18(19,20)21/h2-8H,1H3,(H,23,24,25,28). The van der Waals surface area contributed by atoms with Crippen LogP contribution in [0, 0.1) is 10.1 Å². The molecule has 0 radical (unpaired) electrons. The fraction of sp³-hybridized carbons (Fsp3) is 0.111. The topological polar surface area (TPSA) is 125 Å². The lowest BCUT2D eigenvalue weighted by Gasteiger charge is -2.10. The minimum Gasteiger partial charge on any atom is -0.406 e. The van der Waals surface area contributed by atoms with E-state index in [-0.39, 0.29) is 21.5 Å². The van der Waals surface area contributed by atoms with Crippen molar-refractivity contribution in [1.29, 1.82) is 0 Å². The molecule has 0 aliphatic carbocycles. The second-order valence-electron chi connectivity index (χ2n) is 6.32. The third kappa shape index (κ3) is 4.34. The van der Waals surface area contributed by atoms with E-state index in [9.17, 15) is 28.1 Å². The highest BCUT2D eigenvalue weighted by atomic mass is 32.1. The number of nitrogens with zero attached hydrogens (tertiary/aromatic N) is 5. The van der Waals surface area contributed by atoms with Gasteiger partial charge in [0.15, 0.2) is 11.5 Å². The van der Waals surface area contributed by atoms with Crippen LogP contribution in [0.2, 0.25) is 0 Å². The third-order valence-electron chi connectivity index (χ3n) is 4.17. The summed E-state index contributed by atoms with van der Waals surface area (Å²) in [5, 5.41) is 17.8. The van der Waals surface area contributed by atoms with Gasteiger partial charge in [-0.15, -0.1) is 13.2 Å². The van der Waals surface area contributed by atoms with Gasteiger partial charge in [-0.05, 0) is 30.3 Å². The number of carbonyl (C=O) groups is 1. The van der Waals surface area contributed by atoms with Crippen molar-refractivity contribution >= 4 is 39.1 Å². The van der Waals surface area contributed by atoms with Crippen molar-refractivity contribution in [2.45, 2.75) is 6.36 Å². The molecule has 4 aromatic rings. The molecule has 32 heavy (non-hydrogen) atoms. The van der Waals surface area contributed by atoms with E-state index in [1.807, 2.05) is 0 Å². The number of hydrogen-bond acceptors (Lipinski definition) is 8. The van der Waals surface area contributed by atoms with Gasteiger partial charge in [-0.3, -0.25) is 19.6 Å². The molecule has 14 heteroatoms. The summed E-state index contributed by atoms with van der Waals surface area (Å²) in [4.78, 5) is 31.6. The summed E-state index contributed by atoms with van der Waals surface area (Å²) in [5.74, 6) is -0.815. The number of hydrogen-bond donors (Lipinski definition) is 1. The van der Waals surface area contributed by atoms with E-state index in [0.717, 1.165) is 12.1 Å². The minimum absolute atomic E-state index is 0.0924. The van der Waals surface area contributed by atoms with Crippen LogP contribution in [0.1, 0.15) is 9.67 Å². The van der Waals surface area contributed by atoms with E-state index in [1.54, 1.807) is 7.05 Å². The second-order valence-corrected chi connectivity index (χ2v) is 7.38. The average molecular weight is 464 g/mol. The fourth-order valence-electron chi connectivity index (χ4n) is 2.77. The number of halogens is 3. The van der Waals surface area contributed by atoms with Crippen LogP contribution in [-0.4, -0.2) is 36.9 Å². The number of carbonyl (C=O) groups excluding carboxylic acids is 1. The summed E-state index contributed by atoms with van der Waals surface area (Å²) >= 11 is 0.704. The van der Waals surface area contributed by atoms with Gasteiger partial charge in [0.2, 0.25) is 0 Å². The molecule has 1 N–H and O–H groups in total. The molecule has 0 aliphatic rings. The molecule has 1 aromatic carbocycles. The smallest absolute Gasteiger partial charge is 0.406 e. The highest BCUT2D eigenvalue weighted by Gasteiger charge is 2.31. The number of fused-ring (bicyclic) bond motifs is 1. The van der Waals surface area contributed by atoms with Crippen LogP contribution < -0.4 is 10.1 Å². The molecule has 3 heterocycles. The summed E-state index contributed by atoms with van der Waals surface area (Å²) in [6.07, 6.45) is -3.38. The average Bonchev–Trinajstić information content (AvgIpc) is 3.35. The Morgan fingerprint density at radius 3 is 2.53 bits per heavy atom. The Hall–Kier alpha value is -4.07. The molecule has 0 bridgehead atoms. The predicted molar refractivity (Wildman–Crippen MR) is 107 cm³/mol. The number of nitro groups is 1. The SMILES string of the molecule is Cn1ncc2c(NC(=O)c3ccc([N+](=O)[O-])s3)nc(-c3ccc(OC(F)(F)F)cc3)nc21. The van der Waals surface area contributed by atoms with E-state index >= 15 is 0 Å².